The van der Waals surface area contributed by atoms with Crippen LogP contribution < -0.4 is 15.6 Å². The van der Waals surface area contributed by atoms with E-state index in [1.165, 1.54) is 22.0 Å². The third-order valence-corrected chi connectivity index (χ3v) is 7.32. The minimum absolute atomic E-state index is 0.262. The number of thiophene rings is 1. The normalized spacial score (nSPS) is 13.9. The zero-order valence-corrected chi connectivity index (χ0v) is 20.1. The Hall–Kier alpha value is -3.13. The van der Waals surface area contributed by atoms with Crippen LogP contribution in [0.5, 0.6) is 5.75 Å². The highest BCUT2D eigenvalue weighted by atomic mass is 32.1. The number of benzene rings is 1. The number of carbonyl (C=O) groups is 2. The predicted molar refractivity (Wildman–Crippen MR) is 130 cm³/mol. The van der Waals surface area contributed by atoms with Gasteiger partial charge in [-0.15, -0.1) is 11.3 Å². The van der Waals surface area contributed by atoms with Gasteiger partial charge in [-0.2, -0.15) is 0 Å². The fourth-order valence-electron chi connectivity index (χ4n) is 4.49. The molecule has 1 aliphatic carbocycles. The molecule has 1 unspecified atom stereocenters. The molecule has 0 saturated carbocycles. The van der Waals surface area contributed by atoms with Gasteiger partial charge in [0.15, 0.2) is 0 Å². The molecule has 174 valence electrons. The molecule has 1 aliphatic rings. The molecule has 33 heavy (non-hydrogen) atoms. The first kappa shape index (κ1) is 23.0. The summed E-state index contributed by atoms with van der Waals surface area (Å²) < 4.78 is 12.2. The second kappa shape index (κ2) is 9.39. The highest BCUT2D eigenvalue weighted by molar-refractivity contribution is 7.17. The van der Waals surface area contributed by atoms with E-state index in [9.17, 15) is 14.4 Å². The number of para-hydroxylation sites is 1. The van der Waals surface area contributed by atoms with Crippen LogP contribution in [0.3, 0.4) is 0 Å². The van der Waals surface area contributed by atoms with Gasteiger partial charge >= 0.3 is 5.97 Å². The number of esters is 1. The molecule has 1 aromatic carbocycles. The minimum Gasteiger partial charge on any atom is -0.495 e. The number of hydrogen-bond acceptors (Lipinski definition) is 6. The van der Waals surface area contributed by atoms with E-state index in [-0.39, 0.29) is 18.1 Å². The van der Waals surface area contributed by atoms with Gasteiger partial charge in [-0.25, -0.2) is 4.79 Å². The van der Waals surface area contributed by atoms with E-state index >= 15 is 0 Å². The lowest BCUT2D eigenvalue weighted by Crippen LogP contribution is -2.32. The third kappa shape index (κ3) is 4.15. The predicted octanol–water partition coefficient (Wildman–Crippen LogP) is 4.64. The first-order valence-electron chi connectivity index (χ1n) is 11.2. The van der Waals surface area contributed by atoms with Crippen molar-refractivity contribution in [3.05, 3.63) is 56.2 Å². The summed E-state index contributed by atoms with van der Waals surface area (Å²) in [5.41, 5.74) is 2.53. The van der Waals surface area contributed by atoms with Crippen LogP contribution in [-0.4, -0.2) is 30.2 Å². The molecule has 7 nitrogen and oxygen atoms in total. The van der Waals surface area contributed by atoms with Gasteiger partial charge in [0.1, 0.15) is 16.8 Å². The first-order chi connectivity index (χ1) is 15.9. The molecule has 1 N–H and O–H groups in total. The molecule has 0 bridgehead atoms. The van der Waals surface area contributed by atoms with Gasteiger partial charge in [0.25, 0.3) is 5.56 Å². The summed E-state index contributed by atoms with van der Waals surface area (Å²) in [6.45, 7) is 5.56. The van der Waals surface area contributed by atoms with Crippen LogP contribution in [0, 0.1) is 6.92 Å². The molecule has 0 spiro atoms. The van der Waals surface area contributed by atoms with Gasteiger partial charge in [-0.3, -0.25) is 14.2 Å². The summed E-state index contributed by atoms with van der Waals surface area (Å²) in [6, 6.07) is 6.23. The molecule has 3 aromatic rings. The number of aromatic nitrogens is 1. The standard InChI is InChI=1S/C25H28N2O5S/c1-5-32-25(30)21-17-9-6-7-12-19(17)33-24(21)26-23(29)15(3)27-20(28)13-14(2)16-10-8-11-18(31-4)22(16)27/h8,10-11,13,15H,5-7,9,12H2,1-4H3,(H,26,29). The maximum atomic E-state index is 13.4. The van der Waals surface area contributed by atoms with Gasteiger partial charge in [-0.1, -0.05) is 12.1 Å². The Kier molecular flexibility index (Phi) is 6.56. The van der Waals surface area contributed by atoms with Crippen molar-refractivity contribution in [3.63, 3.8) is 0 Å². The van der Waals surface area contributed by atoms with Gasteiger partial charge in [0.2, 0.25) is 5.91 Å². The van der Waals surface area contributed by atoms with Crippen molar-refractivity contribution in [3.8, 4) is 5.75 Å². The van der Waals surface area contributed by atoms with Gasteiger partial charge < -0.3 is 14.8 Å². The van der Waals surface area contributed by atoms with Crippen LogP contribution >= 0.6 is 11.3 Å². The van der Waals surface area contributed by atoms with Crippen molar-refractivity contribution in [2.24, 2.45) is 0 Å². The summed E-state index contributed by atoms with van der Waals surface area (Å²) in [5.74, 6) is -0.275. The molecular weight excluding hydrogens is 440 g/mol. The van der Waals surface area contributed by atoms with E-state index in [1.54, 1.807) is 27.0 Å². The Balaban J connectivity index is 1.76. The monoisotopic (exact) mass is 468 g/mol. The lowest BCUT2D eigenvalue weighted by Gasteiger charge is -2.20. The Bertz CT molecular complexity index is 1290. The van der Waals surface area contributed by atoms with Crippen molar-refractivity contribution in [1.82, 2.24) is 4.57 Å². The second-order valence-corrected chi connectivity index (χ2v) is 9.30. The molecule has 0 radical (unpaired) electrons. The van der Waals surface area contributed by atoms with E-state index in [1.807, 2.05) is 19.1 Å². The largest absolute Gasteiger partial charge is 0.495 e. The lowest BCUT2D eigenvalue weighted by molar-refractivity contribution is -0.118. The number of nitrogens with zero attached hydrogens (tertiary/aromatic N) is 1. The number of rotatable bonds is 6. The summed E-state index contributed by atoms with van der Waals surface area (Å²) in [5, 5.41) is 4.26. The summed E-state index contributed by atoms with van der Waals surface area (Å²) in [6.07, 6.45) is 3.75. The number of carbonyl (C=O) groups excluding carboxylic acids is 2. The Labute approximate surface area is 196 Å². The zero-order chi connectivity index (χ0) is 23.7. The van der Waals surface area contributed by atoms with Crippen molar-refractivity contribution < 1.29 is 19.1 Å². The highest BCUT2D eigenvalue weighted by Crippen LogP contribution is 2.39. The average Bonchev–Trinajstić information content (AvgIpc) is 3.16. The number of hydrogen-bond donors (Lipinski definition) is 1. The number of fused-ring (bicyclic) bond motifs is 2. The van der Waals surface area contributed by atoms with Crippen LogP contribution in [0.1, 0.15) is 59.1 Å². The number of aryl methyl sites for hydroxylation is 2. The second-order valence-electron chi connectivity index (χ2n) is 8.19. The van der Waals surface area contributed by atoms with E-state index in [0.717, 1.165) is 47.1 Å². The summed E-state index contributed by atoms with van der Waals surface area (Å²) in [4.78, 5) is 40.2. The van der Waals surface area contributed by atoms with Crippen molar-refractivity contribution in [2.75, 3.05) is 19.0 Å². The van der Waals surface area contributed by atoms with Gasteiger partial charge in [0, 0.05) is 16.3 Å². The maximum absolute atomic E-state index is 13.4. The van der Waals surface area contributed by atoms with Crippen LogP contribution in [-0.2, 0) is 22.4 Å². The van der Waals surface area contributed by atoms with Crippen LogP contribution in [0.4, 0.5) is 5.00 Å². The Morgan fingerprint density at radius 1 is 1.24 bits per heavy atom. The maximum Gasteiger partial charge on any atom is 0.341 e. The van der Waals surface area contributed by atoms with Crippen molar-refractivity contribution in [2.45, 2.75) is 52.5 Å². The van der Waals surface area contributed by atoms with E-state index in [0.29, 0.717) is 21.8 Å². The third-order valence-electron chi connectivity index (χ3n) is 6.12. The molecule has 8 heteroatoms. The van der Waals surface area contributed by atoms with Crippen LogP contribution in [0.2, 0.25) is 0 Å². The van der Waals surface area contributed by atoms with Gasteiger partial charge in [0.05, 0.1) is 24.8 Å². The Morgan fingerprint density at radius 2 is 2.00 bits per heavy atom. The van der Waals surface area contributed by atoms with Gasteiger partial charge in [-0.05, 0) is 63.6 Å². The SMILES string of the molecule is CCOC(=O)c1c(NC(=O)C(C)n2c(=O)cc(C)c3cccc(OC)c32)sc2c1CCCC2. The molecule has 1 amide bonds. The number of amides is 1. The van der Waals surface area contributed by atoms with Crippen LogP contribution in [0.25, 0.3) is 10.9 Å². The summed E-state index contributed by atoms with van der Waals surface area (Å²) in [7, 11) is 1.54. The number of nitrogens with one attached hydrogen (secondary N) is 1. The lowest BCUT2D eigenvalue weighted by atomic mass is 9.95. The molecule has 2 heterocycles. The minimum atomic E-state index is -0.828. The average molecular weight is 469 g/mol. The van der Waals surface area contributed by atoms with Crippen LogP contribution in [0.15, 0.2) is 29.1 Å². The fraction of sp³-hybridized carbons (Fsp3) is 0.400. The fourth-order valence-corrected chi connectivity index (χ4v) is 5.77. The van der Waals surface area contributed by atoms with E-state index in [2.05, 4.69) is 5.32 Å². The first-order valence-corrected chi connectivity index (χ1v) is 12.0. The number of ether oxygens (including phenoxy) is 2. The molecule has 0 fully saturated rings. The molecule has 0 aliphatic heterocycles. The van der Waals surface area contributed by atoms with Crippen molar-refractivity contribution in [1.29, 1.82) is 0 Å². The summed E-state index contributed by atoms with van der Waals surface area (Å²) >= 11 is 1.43. The Morgan fingerprint density at radius 3 is 2.73 bits per heavy atom. The quantitative estimate of drug-likeness (QED) is 0.533. The van der Waals surface area contributed by atoms with E-state index < -0.39 is 12.0 Å². The molecule has 4 rings (SSSR count). The number of pyridine rings is 1. The zero-order valence-electron chi connectivity index (χ0n) is 19.3. The molecule has 2 aromatic heterocycles. The molecule has 1 atom stereocenters. The number of anilines is 1. The topological polar surface area (TPSA) is 86.6 Å². The smallest absolute Gasteiger partial charge is 0.341 e. The molecule has 0 saturated heterocycles. The number of methoxy groups -OCH3 is 1. The highest BCUT2D eigenvalue weighted by Gasteiger charge is 2.29. The van der Waals surface area contributed by atoms with Crippen molar-refractivity contribution >= 4 is 39.1 Å². The molecular formula is C25H28N2O5S. The van der Waals surface area contributed by atoms with E-state index in [4.69, 9.17) is 9.47 Å².